The number of carbonyl (C=O) groups is 1. The van der Waals surface area contributed by atoms with Crippen molar-refractivity contribution in [1.29, 1.82) is 0 Å². The highest BCUT2D eigenvalue weighted by Crippen LogP contribution is 2.35. The molecule has 1 saturated heterocycles. The smallest absolute Gasteiger partial charge is 0.254 e. The molecular weight excluding hydrogens is 466 g/mol. The number of aryl methyl sites for hydroxylation is 1. The Bertz CT molecular complexity index is 1430. The summed E-state index contributed by atoms with van der Waals surface area (Å²) in [7, 11) is 5.99. The van der Waals surface area contributed by atoms with Crippen molar-refractivity contribution < 1.29 is 9.53 Å². The van der Waals surface area contributed by atoms with Gasteiger partial charge in [-0.1, -0.05) is 6.58 Å². The number of fused-ring (bicyclic) bond motifs is 2. The standard InChI is InChI=1S/C28H33N7O2/c1-6-24(33-23(15-34(3)4)17(2)18-9-12-37-16-18)32-22-14-30-26(21-13-31-28(36)25(21)22)19-7-10-29-27-20(19)8-11-35(27)5/h6-8,10-11,14,18,32H,2,9,12-13,15-16H2,1,3-5H3,(H,31,36)/b24-6-,33-23-/t18-/m1/s1. The molecule has 2 aliphatic heterocycles. The van der Waals surface area contributed by atoms with E-state index in [4.69, 9.17) is 14.7 Å². The Morgan fingerprint density at radius 2 is 2.22 bits per heavy atom. The van der Waals surface area contributed by atoms with Gasteiger partial charge in [0.15, 0.2) is 0 Å². The lowest BCUT2D eigenvalue weighted by atomic mass is 9.95. The summed E-state index contributed by atoms with van der Waals surface area (Å²) in [4.78, 5) is 29.3. The molecule has 192 valence electrons. The zero-order chi connectivity index (χ0) is 26.1. The van der Waals surface area contributed by atoms with E-state index in [9.17, 15) is 4.79 Å². The zero-order valence-corrected chi connectivity index (χ0v) is 21.8. The molecule has 1 fully saturated rings. The number of anilines is 1. The molecule has 37 heavy (non-hydrogen) atoms. The number of pyridine rings is 2. The van der Waals surface area contributed by atoms with Crippen LogP contribution in [0.1, 0.15) is 29.3 Å². The van der Waals surface area contributed by atoms with Crippen molar-refractivity contribution in [1.82, 2.24) is 24.8 Å². The third-order valence-corrected chi connectivity index (χ3v) is 6.91. The fourth-order valence-corrected chi connectivity index (χ4v) is 4.94. The average Bonchev–Trinajstić information content (AvgIpc) is 3.64. The van der Waals surface area contributed by atoms with Crippen LogP contribution < -0.4 is 10.6 Å². The van der Waals surface area contributed by atoms with Crippen LogP contribution in [0.4, 0.5) is 5.69 Å². The van der Waals surface area contributed by atoms with Gasteiger partial charge in [-0.25, -0.2) is 9.98 Å². The number of carbonyl (C=O) groups excluding carboxylic acids is 1. The number of hydrogen-bond acceptors (Lipinski definition) is 7. The Labute approximate surface area is 217 Å². The number of allylic oxidation sites excluding steroid dienone is 1. The van der Waals surface area contributed by atoms with Gasteiger partial charge in [-0.15, -0.1) is 0 Å². The van der Waals surface area contributed by atoms with Gasteiger partial charge in [0.05, 0.1) is 35.5 Å². The number of nitrogens with one attached hydrogen (secondary N) is 2. The molecule has 9 heteroatoms. The van der Waals surface area contributed by atoms with E-state index in [0.29, 0.717) is 36.8 Å². The van der Waals surface area contributed by atoms with Crippen LogP contribution in [0.2, 0.25) is 0 Å². The minimum Gasteiger partial charge on any atom is -0.381 e. The monoisotopic (exact) mass is 499 g/mol. The van der Waals surface area contributed by atoms with E-state index in [1.807, 2.05) is 57.0 Å². The molecule has 1 amide bonds. The first kappa shape index (κ1) is 24.9. The van der Waals surface area contributed by atoms with Crippen molar-refractivity contribution in [3.8, 4) is 11.3 Å². The predicted molar refractivity (Wildman–Crippen MR) is 147 cm³/mol. The minimum atomic E-state index is -0.125. The molecule has 0 saturated carbocycles. The molecule has 5 rings (SSSR count). The first-order chi connectivity index (χ1) is 17.9. The largest absolute Gasteiger partial charge is 0.381 e. The topological polar surface area (TPSA) is 96.7 Å². The Morgan fingerprint density at radius 3 is 2.95 bits per heavy atom. The van der Waals surface area contributed by atoms with Crippen molar-refractivity contribution in [2.24, 2.45) is 18.0 Å². The van der Waals surface area contributed by atoms with E-state index in [1.54, 1.807) is 12.4 Å². The molecule has 0 aromatic carbocycles. The Kier molecular flexibility index (Phi) is 6.90. The number of aliphatic imine (C=N–C) groups is 1. The number of aromatic nitrogens is 3. The number of amides is 1. The van der Waals surface area contributed by atoms with Gasteiger partial charge in [0, 0.05) is 61.6 Å². The lowest BCUT2D eigenvalue weighted by Crippen LogP contribution is -2.26. The van der Waals surface area contributed by atoms with Gasteiger partial charge < -0.3 is 24.8 Å². The lowest BCUT2D eigenvalue weighted by molar-refractivity contribution is 0.0966. The molecule has 3 aromatic rings. The van der Waals surface area contributed by atoms with E-state index in [2.05, 4.69) is 27.1 Å². The van der Waals surface area contributed by atoms with Crippen molar-refractivity contribution in [3.05, 3.63) is 65.9 Å². The summed E-state index contributed by atoms with van der Waals surface area (Å²) in [6, 6.07) is 3.98. The van der Waals surface area contributed by atoms with Gasteiger partial charge in [-0.2, -0.15) is 0 Å². The highest BCUT2D eigenvalue weighted by Gasteiger charge is 2.28. The summed E-state index contributed by atoms with van der Waals surface area (Å²) in [6.45, 7) is 8.77. The zero-order valence-electron chi connectivity index (χ0n) is 21.8. The van der Waals surface area contributed by atoms with Crippen LogP contribution >= 0.6 is 0 Å². The van der Waals surface area contributed by atoms with Gasteiger partial charge in [-0.3, -0.25) is 9.78 Å². The van der Waals surface area contributed by atoms with E-state index in [0.717, 1.165) is 52.2 Å². The maximum absolute atomic E-state index is 13.0. The SMILES string of the molecule is C=C(/C(CN(C)C)=N\C(=C/C)Nc1cnc(-c2ccnc3c2ccn3C)c2c1C(=O)NC2)[C@@H]1CCOC1. The molecule has 0 radical (unpaired) electrons. The summed E-state index contributed by atoms with van der Waals surface area (Å²) in [5.41, 5.74) is 6.60. The summed E-state index contributed by atoms with van der Waals surface area (Å²) in [5.74, 6) is 0.783. The van der Waals surface area contributed by atoms with Crippen molar-refractivity contribution in [3.63, 3.8) is 0 Å². The second-order valence-corrected chi connectivity index (χ2v) is 9.76. The Balaban J connectivity index is 1.51. The Hall–Kier alpha value is -3.82. The van der Waals surface area contributed by atoms with Crippen LogP contribution in [0.5, 0.6) is 0 Å². The van der Waals surface area contributed by atoms with Crippen LogP contribution in [0, 0.1) is 5.92 Å². The summed E-state index contributed by atoms with van der Waals surface area (Å²) < 4.78 is 7.56. The second kappa shape index (κ2) is 10.3. The van der Waals surface area contributed by atoms with E-state index in [1.165, 1.54) is 0 Å². The maximum atomic E-state index is 13.0. The second-order valence-electron chi connectivity index (χ2n) is 9.76. The van der Waals surface area contributed by atoms with Crippen LogP contribution in [0.15, 0.2) is 59.8 Å². The number of rotatable bonds is 8. The first-order valence-electron chi connectivity index (χ1n) is 12.5. The lowest BCUT2D eigenvalue weighted by Gasteiger charge is -2.19. The van der Waals surface area contributed by atoms with Crippen molar-refractivity contribution in [2.45, 2.75) is 19.9 Å². The molecule has 1 atom stereocenters. The molecular formula is C28H33N7O2. The van der Waals surface area contributed by atoms with Crippen LogP contribution in [-0.2, 0) is 18.3 Å². The maximum Gasteiger partial charge on any atom is 0.254 e. The number of ether oxygens (including phenoxy) is 1. The molecule has 0 unspecified atom stereocenters. The Morgan fingerprint density at radius 1 is 1.38 bits per heavy atom. The first-order valence-corrected chi connectivity index (χ1v) is 12.5. The van der Waals surface area contributed by atoms with Crippen LogP contribution in [-0.4, -0.2) is 64.9 Å². The third kappa shape index (κ3) is 4.80. The minimum absolute atomic E-state index is 0.125. The third-order valence-electron chi connectivity index (χ3n) is 6.91. The highest BCUT2D eigenvalue weighted by molar-refractivity contribution is 6.07. The molecule has 3 aromatic heterocycles. The van der Waals surface area contributed by atoms with E-state index in [-0.39, 0.29) is 11.8 Å². The van der Waals surface area contributed by atoms with E-state index >= 15 is 0 Å². The summed E-state index contributed by atoms with van der Waals surface area (Å²) in [5, 5.41) is 7.35. The highest BCUT2D eigenvalue weighted by atomic mass is 16.5. The number of hydrogen-bond donors (Lipinski definition) is 2. The summed E-state index contributed by atoms with van der Waals surface area (Å²) >= 11 is 0. The molecule has 2 aliphatic rings. The van der Waals surface area contributed by atoms with Gasteiger partial charge in [-0.05, 0) is 51.2 Å². The van der Waals surface area contributed by atoms with Gasteiger partial charge in [0.1, 0.15) is 11.5 Å². The molecule has 0 spiro atoms. The average molecular weight is 500 g/mol. The molecule has 2 N–H and O–H groups in total. The molecule has 9 nitrogen and oxygen atoms in total. The predicted octanol–water partition coefficient (Wildman–Crippen LogP) is 3.75. The quantitative estimate of drug-likeness (QED) is 0.459. The molecule has 5 heterocycles. The van der Waals surface area contributed by atoms with E-state index < -0.39 is 0 Å². The van der Waals surface area contributed by atoms with Gasteiger partial charge in [0.25, 0.3) is 5.91 Å². The van der Waals surface area contributed by atoms with Crippen molar-refractivity contribution in [2.75, 3.05) is 39.2 Å². The van der Waals surface area contributed by atoms with Gasteiger partial charge >= 0.3 is 0 Å². The normalized spacial score (nSPS) is 18.0. The fourth-order valence-electron chi connectivity index (χ4n) is 4.94. The molecule has 0 bridgehead atoms. The van der Waals surface area contributed by atoms with Crippen LogP contribution in [0.3, 0.4) is 0 Å². The van der Waals surface area contributed by atoms with Crippen LogP contribution in [0.25, 0.3) is 22.3 Å². The molecule has 0 aliphatic carbocycles. The fraction of sp³-hybridized carbons (Fsp3) is 0.357. The van der Waals surface area contributed by atoms with Crippen molar-refractivity contribution >= 4 is 28.3 Å². The summed E-state index contributed by atoms with van der Waals surface area (Å²) in [6.07, 6.45) is 8.33. The number of nitrogens with zero attached hydrogens (tertiary/aromatic N) is 5. The van der Waals surface area contributed by atoms with Gasteiger partial charge in [0.2, 0.25) is 0 Å².